The number of hydrogen-bond acceptors (Lipinski definition) is 8. The molecule has 0 atom stereocenters. The van der Waals surface area contributed by atoms with Crippen molar-refractivity contribution in [1.82, 2.24) is 10.3 Å². The van der Waals surface area contributed by atoms with Gasteiger partial charge in [-0.05, 0) is 25.5 Å². The van der Waals surface area contributed by atoms with Crippen molar-refractivity contribution in [2.24, 2.45) is 0 Å². The van der Waals surface area contributed by atoms with Gasteiger partial charge in [-0.15, -0.1) is 0 Å². The van der Waals surface area contributed by atoms with Crippen molar-refractivity contribution in [3.05, 3.63) is 30.6 Å². The average Bonchev–Trinajstić information content (AvgIpc) is 2.95. The number of aromatic nitrogens is 1. The zero-order valence-electron chi connectivity index (χ0n) is 15.8. The van der Waals surface area contributed by atoms with Crippen molar-refractivity contribution in [1.29, 1.82) is 0 Å². The summed E-state index contributed by atoms with van der Waals surface area (Å²) in [4.78, 5) is 32.4. The summed E-state index contributed by atoms with van der Waals surface area (Å²) in [5.41, 5.74) is 1.69. The molecule has 27 heavy (non-hydrogen) atoms. The summed E-state index contributed by atoms with van der Waals surface area (Å²) in [6.07, 6.45) is 8.68. The Morgan fingerprint density at radius 1 is 1.26 bits per heavy atom. The predicted octanol–water partition coefficient (Wildman–Crippen LogP) is 1.43. The van der Waals surface area contributed by atoms with E-state index < -0.39 is 17.8 Å². The highest BCUT2D eigenvalue weighted by atomic mass is 16.8. The van der Waals surface area contributed by atoms with E-state index in [0.717, 1.165) is 55.9 Å². The Kier molecular flexibility index (Phi) is 5.95. The molecule has 8 nitrogen and oxygen atoms in total. The SMILES string of the molecule is CCCCN(C)c1cncc(N2CCCNCC23OC(=O)C=CC(=O)O3)c1. The van der Waals surface area contributed by atoms with Gasteiger partial charge in [0.25, 0.3) is 0 Å². The van der Waals surface area contributed by atoms with E-state index in [-0.39, 0.29) is 6.54 Å². The Morgan fingerprint density at radius 3 is 2.70 bits per heavy atom. The zero-order valence-corrected chi connectivity index (χ0v) is 15.8. The maximum atomic E-state index is 12.1. The van der Waals surface area contributed by atoms with E-state index in [1.807, 2.05) is 13.1 Å². The van der Waals surface area contributed by atoms with Gasteiger partial charge < -0.3 is 19.7 Å². The average molecular weight is 374 g/mol. The van der Waals surface area contributed by atoms with Crippen molar-refractivity contribution in [3.8, 4) is 0 Å². The molecule has 1 N–H and O–H groups in total. The number of carbonyl (C=O) groups excluding carboxylic acids is 2. The number of anilines is 2. The number of rotatable bonds is 5. The van der Waals surface area contributed by atoms with Gasteiger partial charge in [-0.2, -0.15) is 0 Å². The lowest BCUT2D eigenvalue weighted by atomic mass is 10.2. The number of carbonyl (C=O) groups is 2. The molecule has 8 heteroatoms. The predicted molar refractivity (Wildman–Crippen MR) is 101 cm³/mol. The smallest absolute Gasteiger partial charge is 0.356 e. The van der Waals surface area contributed by atoms with Crippen LogP contribution in [0.5, 0.6) is 0 Å². The minimum atomic E-state index is -1.53. The fourth-order valence-corrected chi connectivity index (χ4v) is 3.22. The van der Waals surface area contributed by atoms with Crippen LogP contribution < -0.4 is 15.1 Å². The van der Waals surface area contributed by atoms with Crippen LogP contribution in [0.2, 0.25) is 0 Å². The molecule has 1 saturated heterocycles. The van der Waals surface area contributed by atoms with Crippen LogP contribution >= 0.6 is 0 Å². The molecule has 1 aromatic heterocycles. The third-order valence-corrected chi connectivity index (χ3v) is 4.68. The van der Waals surface area contributed by atoms with Gasteiger partial charge in [0.1, 0.15) is 0 Å². The van der Waals surface area contributed by atoms with Crippen LogP contribution in [0.3, 0.4) is 0 Å². The molecule has 0 unspecified atom stereocenters. The van der Waals surface area contributed by atoms with E-state index in [9.17, 15) is 9.59 Å². The van der Waals surface area contributed by atoms with Gasteiger partial charge in [0.15, 0.2) is 0 Å². The van der Waals surface area contributed by atoms with Crippen LogP contribution in [0.25, 0.3) is 0 Å². The molecule has 0 aliphatic carbocycles. The first-order valence-corrected chi connectivity index (χ1v) is 9.32. The van der Waals surface area contributed by atoms with Crippen LogP contribution in [-0.2, 0) is 19.1 Å². The molecular weight excluding hydrogens is 348 g/mol. The van der Waals surface area contributed by atoms with Gasteiger partial charge in [0.2, 0.25) is 0 Å². The number of hydrogen-bond donors (Lipinski definition) is 1. The number of esters is 2. The molecule has 0 radical (unpaired) electrons. The first kappa shape index (κ1) is 19.2. The van der Waals surface area contributed by atoms with Crippen LogP contribution in [0.1, 0.15) is 26.2 Å². The minimum Gasteiger partial charge on any atom is -0.399 e. The van der Waals surface area contributed by atoms with E-state index >= 15 is 0 Å². The van der Waals surface area contributed by atoms with E-state index in [4.69, 9.17) is 9.47 Å². The number of pyridine rings is 1. The molecule has 0 saturated carbocycles. The summed E-state index contributed by atoms with van der Waals surface area (Å²) >= 11 is 0. The lowest BCUT2D eigenvalue weighted by Crippen LogP contribution is -2.58. The highest BCUT2D eigenvalue weighted by Crippen LogP contribution is 2.31. The van der Waals surface area contributed by atoms with Gasteiger partial charge in [-0.25, -0.2) is 9.59 Å². The normalized spacial score (nSPS) is 19.3. The Morgan fingerprint density at radius 2 is 2.00 bits per heavy atom. The summed E-state index contributed by atoms with van der Waals surface area (Å²) in [5.74, 6) is -2.76. The lowest BCUT2D eigenvalue weighted by Gasteiger charge is -2.40. The Labute approximate surface area is 159 Å². The first-order valence-electron chi connectivity index (χ1n) is 9.32. The van der Waals surface area contributed by atoms with E-state index in [0.29, 0.717) is 6.54 Å². The molecule has 2 aliphatic rings. The van der Waals surface area contributed by atoms with Crippen LogP contribution in [0.4, 0.5) is 11.4 Å². The van der Waals surface area contributed by atoms with E-state index in [1.54, 1.807) is 17.3 Å². The van der Waals surface area contributed by atoms with Crippen LogP contribution in [0, 0.1) is 0 Å². The summed E-state index contributed by atoms with van der Waals surface area (Å²) in [6, 6.07) is 1.98. The second-order valence-electron chi connectivity index (χ2n) is 6.75. The summed E-state index contributed by atoms with van der Waals surface area (Å²) in [6.45, 7) is 4.53. The molecule has 1 fully saturated rings. The molecule has 0 amide bonds. The standard InChI is InChI=1S/C19H26N4O4/c1-3-4-9-22(2)15-11-16(13-21-12-15)23-10-5-8-20-14-19(23)26-17(24)6-7-18(25)27-19/h6-7,11-13,20H,3-5,8-10,14H2,1-2H3. The summed E-state index contributed by atoms with van der Waals surface area (Å²) in [7, 11) is 2.02. The van der Waals surface area contributed by atoms with Gasteiger partial charge in [0, 0.05) is 32.3 Å². The third-order valence-electron chi connectivity index (χ3n) is 4.68. The zero-order chi connectivity index (χ0) is 19.3. The molecular formula is C19H26N4O4. The topological polar surface area (TPSA) is 84.0 Å². The minimum absolute atomic E-state index is 0.183. The maximum absolute atomic E-state index is 12.1. The number of nitrogens with zero attached hydrogens (tertiary/aromatic N) is 3. The molecule has 1 aromatic rings. The van der Waals surface area contributed by atoms with Crippen LogP contribution in [0.15, 0.2) is 30.6 Å². The van der Waals surface area contributed by atoms with Crippen molar-refractivity contribution in [2.45, 2.75) is 32.1 Å². The van der Waals surface area contributed by atoms with Gasteiger partial charge in [-0.3, -0.25) is 9.88 Å². The Bertz CT molecular complexity index is 701. The van der Waals surface area contributed by atoms with E-state index in [2.05, 4.69) is 22.1 Å². The van der Waals surface area contributed by atoms with Crippen molar-refractivity contribution in [2.75, 3.05) is 43.0 Å². The Hall–Kier alpha value is -2.61. The third kappa shape index (κ3) is 4.39. The molecule has 3 rings (SSSR count). The first-order chi connectivity index (χ1) is 13.0. The van der Waals surface area contributed by atoms with Crippen molar-refractivity contribution in [3.63, 3.8) is 0 Å². The number of unbranched alkanes of at least 4 members (excludes halogenated alkanes) is 1. The Balaban J connectivity index is 1.94. The van der Waals surface area contributed by atoms with Crippen LogP contribution in [-0.4, -0.2) is 56.1 Å². The molecule has 0 aromatic carbocycles. The van der Waals surface area contributed by atoms with Gasteiger partial charge >= 0.3 is 17.8 Å². The second-order valence-corrected chi connectivity index (χ2v) is 6.75. The highest BCUT2D eigenvalue weighted by Gasteiger charge is 2.47. The lowest BCUT2D eigenvalue weighted by molar-refractivity contribution is -0.217. The van der Waals surface area contributed by atoms with E-state index in [1.165, 1.54) is 0 Å². The number of ether oxygens (including phenoxy) is 2. The largest absolute Gasteiger partial charge is 0.399 e. The van der Waals surface area contributed by atoms with Gasteiger partial charge in [-0.1, -0.05) is 13.3 Å². The summed E-state index contributed by atoms with van der Waals surface area (Å²) in [5, 5.41) is 3.19. The van der Waals surface area contributed by atoms with Crippen molar-refractivity contribution < 1.29 is 19.1 Å². The quantitative estimate of drug-likeness (QED) is 0.775. The fourth-order valence-electron chi connectivity index (χ4n) is 3.22. The monoisotopic (exact) mass is 374 g/mol. The molecule has 1 spiro atoms. The second kappa shape index (κ2) is 8.39. The number of nitrogens with one attached hydrogen (secondary N) is 1. The fraction of sp³-hybridized carbons (Fsp3) is 0.526. The molecule has 3 heterocycles. The highest BCUT2D eigenvalue weighted by molar-refractivity contribution is 5.93. The summed E-state index contributed by atoms with van der Waals surface area (Å²) < 4.78 is 11.2. The molecule has 146 valence electrons. The van der Waals surface area contributed by atoms with Gasteiger partial charge in [0.05, 0.1) is 30.3 Å². The molecule has 2 aliphatic heterocycles. The maximum Gasteiger partial charge on any atom is 0.356 e. The van der Waals surface area contributed by atoms with Crippen molar-refractivity contribution >= 4 is 23.3 Å². The molecule has 0 bridgehead atoms.